The molecule has 1 saturated carbocycles. The van der Waals surface area contributed by atoms with E-state index in [2.05, 4.69) is 19.9 Å². The molecule has 0 amide bonds. The predicted molar refractivity (Wildman–Crippen MR) is 69.6 cm³/mol. The number of allylic oxidation sites excluding steroid dienone is 1. The highest BCUT2D eigenvalue weighted by molar-refractivity contribution is 5.19. The van der Waals surface area contributed by atoms with Crippen LogP contribution in [0.1, 0.15) is 53.4 Å². The van der Waals surface area contributed by atoms with E-state index >= 15 is 0 Å². The van der Waals surface area contributed by atoms with E-state index in [4.69, 9.17) is 0 Å². The molecule has 2 N–H and O–H groups in total. The summed E-state index contributed by atoms with van der Waals surface area (Å²) >= 11 is 0. The van der Waals surface area contributed by atoms with Crippen LogP contribution in [-0.4, -0.2) is 21.4 Å². The Morgan fingerprint density at radius 1 is 1.18 bits per heavy atom. The second kappa shape index (κ2) is 4.10. The summed E-state index contributed by atoms with van der Waals surface area (Å²) in [6.07, 6.45) is 5.80. The molecular formula is C15H26O2. The van der Waals surface area contributed by atoms with Crippen molar-refractivity contribution in [1.29, 1.82) is 0 Å². The quantitative estimate of drug-likeness (QED) is 0.690. The van der Waals surface area contributed by atoms with Gasteiger partial charge >= 0.3 is 0 Å². The normalized spacial score (nSPS) is 46.6. The van der Waals surface area contributed by atoms with E-state index in [0.29, 0.717) is 5.92 Å². The van der Waals surface area contributed by atoms with Gasteiger partial charge in [0.25, 0.3) is 0 Å². The summed E-state index contributed by atoms with van der Waals surface area (Å²) in [4.78, 5) is 0. The molecule has 0 aromatic heterocycles. The summed E-state index contributed by atoms with van der Waals surface area (Å²) in [7, 11) is 0. The van der Waals surface area contributed by atoms with Crippen LogP contribution in [0.15, 0.2) is 11.6 Å². The minimum absolute atomic E-state index is 0.123. The Hall–Kier alpha value is -0.340. The zero-order chi connectivity index (χ0) is 12.8. The molecule has 17 heavy (non-hydrogen) atoms. The molecule has 0 aromatic carbocycles. The van der Waals surface area contributed by atoms with Crippen molar-refractivity contribution < 1.29 is 10.2 Å². The Morgan fingerprint density at radius 3 is 2.41 bits per heavy atom. The molecule has 0 aliphatic heterocycles. The van der Waals surface area contributed by atoms with Gasteiger partial charge in [0.1, 0.15) is 0 Å². The first-order valence-corrected chi connectivity index (χ1v) is 6.89. The average Bonchev–Trinajstić information content (AvgIpc) is 2.39. The van der Waals surface area contributed by atoms with E-state index in [-0.39, 0.29) is 11.8 Å². The van der Waals surface area contributed by atoms with E-state index in [9.17, 15) is 10.2 Å². The van der Waals surface area contributed by atoms with Gasteiger partial charge in [-0.25, -0.2) is 0 Å². The minimum Gasteiger partial charge on any atom is -0.390 e. The van der Waals surface area contributed by atoms with Crippen LogP contribution in [0.2, 0.25) is 0 Å². The first kappa shape index (κ1) is 13.1. The molecule has 0 aromatic rings. The zero-order valence-electron chi connectivity index (χ0n) is 11.5. The lowest BCUT2D eigenvalue weighted by Gasteiger charge is -2.34. The van der Waals surface area contributed by atoms with Crippen LogP contribution in [0.25, 0.3) is 0 Å². The number of hydrogen-bond donors (Lipinski definition) is 2. The van der Waals surface area contributed by atoms with Crippen molar-refractivity contribution in [3.05, 3.63) is 11.6 Å². The summed E-state index contributed by atoms with van der Waals surface area (Å²) in [6.45, 7) is 8.27. The maximum Gasteiger partial charge on any atom is 0.0686 e. The van der Waals surface area contributed by atoms with Crippen LogP contribution >= 0.6 is 0 Å². The molecule has 0 spiro atoms. The molecule has 0 saturated heterocycles. The Bertz CT molecular complexity index is 326. The summed E-state index contributed by atoms with van der Waals surface area (Å²) in [5.74, 6) is 0.854. The monoisotopic (exact) mass is 238 g/mol. The highest BCUT2D eigenvalue weighted by Gasteiger charge is 2.50. The van der Waals surface area contributed by atoms with E-state index in [1.165, 1.54) is 5.57 Å². The van der Waals surface area contributed by atoms with Crippen molar-refractivity contribution in [3.63, 3.8) is 0 Å². The van der Waals surface area contributed by atoms with E-state index in [1.54, 1.807) is 0 Å². The van der Waals surface area contributed by atoms with Gasteiger partial charge < -0.3 is 10.2 Å². The van der Waals surface area contributed by atoms with Crippen LogP contribution in [-0.2, 0) is 0 Å². The Morgan fingerprint density at radius 2 is 1.82 bits per heavy atom. The molecule has 0 radical (unpaired) electrons. The molecule has 0 heterocycles. The molecule has 0 bridgehead atoms. The number of rotatable bonds is 1. The highest BCUT2D eigenvalue weighted by atomic mass is 16.3. The Kier molecular flexibility index (Phi) is 3.16. The molecule has 2 rings (SSSR count). The molecule has 2 aliphatic carbocycles. The van der Waals surface area contributed by atoms with E-state index in [0.717, 1.165) is 25.7 Å². The fourth-order valence-corrected chi connectivity index (χ4v) is 3.60. The third kappa shape index (κ3) is 2.30. The van der Waals surface area contributed by atoms with Gasteiger partial charge in [0.15, 0.2) is 0 Å². The van der Waals surface area contributed by atoms with Crippen molar-refractivity contribution in [2.45, 2.75) is 64.6 Å². The van der Waals surface area contributed by atoms with Gasteiger partial charge in [-0.1, -0.05) is 25.5 Å². The lowest BCUT2D eigenvalue weighted by Crippen LogP contribution is -2.40. The van der Waals surface area contributed by atoms with Crippen LogP contribution in [0.3, 0.4) is 0 Å². The van der Waals surface area contributed by atoms with Crippen LogP contribution < -0.4 is 0 Å². The van der Waals surface area contributed by atoms with E-state index in [1.807, 2.05) is 13.8 Å². The maximum atomic E-state index is 10.6. The molecule has 0 unspecified atom stereocenters. The average molecular weight is 238 g/mol. The number of aliphatic hydroxyl groups is 2. The molecule has 1 fully saturated rings. The van der Waals surface area contributed by atoms with Crippen molar-refractivity contribution >= 4 is 0 Å². The standard InChI is InChI=1S/C15H26O2/c1-10(2)11-5-7-14(3,16)12-6-8-15(4,17)13(12)9-11/h9-10,12-13,16-17H,5-8H2,1-4H3/t12-,13-,14+,15+/m0/s1. The van der Waals surface area contributed by atoms with Crippen LogP contribution in [0, 0.1) is 17.8 Å². The molecule has 98 valence electrons. The Balaban J connectivity index is 2.37. The highest BCUT2D eigenvalue weighted by Crippen LogP contribution is 2.50. The van der Waals surface area contributed by atoms with Crippen LogP contribution in [0.5, 0.6) is 0 Å². The predicted octanol–water partition coefficient (Wildman–Crippen LogP) is 2.89. The largest absolute Gasteiger partial charge is 0.390 e. The SMILES string of the molecule is CC(C)C1=C[C@H]2[C@H](CC[C@@]2(C)O)[C@](C)(O)CC1. The molecular weight excluding hydrogens is 212 g/mol. The van der Waals surface area contributed by atoms with Gasteiger partial charge in [0, 0.05) is 5.92 Å². The fraction of sp³-hybridized carbons (Fsp3) is 0.867. The third-order valence-electron chi connectivity index (χ3n) is 4.97. The summed E-state index contributed by atoms with van der Waals surface area (Å²) in [5.41, 5.74) is 0.136. The van der Waals surface area contributed by atoms with Crippen molar-refractivity contribution in [2.24, 2.45) is 17.8 Å². The molecule has 2 aliphatic rings. The first-order valence-electron chi connectivity index (χ1n) is 6.89. The lowest BCUT2D eigenvalue weighted by molar-refractivity contribution is -0.0419. The molecule has 2 heteroatoms. The minimum atomic E-state index is -0.640. The van der Waals surface area contributed by atoms with Crippen molar-refractivity contribution in [2.75, 3.05) is 0 Å². The molecule has 2 nitrogen and oxygen atoms in total. The van der Waals surface area contributed by atoms with Crippen molar-refractivity contribution in [1.82, 2.24) is 0 Å². The second-order valence-electron chi connectivity index (χ2n) is 6.78. The second-order valence-corrected chi connectivity index (χ2v) is 6.78. The fourth-order valence-electron chi connectivity index (χ4n) is 3.60. The summed E-state index contributed by atoms with van der Waals surface area (Å²) in [5, 5.41) is 21.1. The van der Waals surface area contributed by atoms with Crippen molar-refractivity contribution in [3.8, 4) is 0 Å². The van der Waals surface area contributed by atoms with Crippen LogP contribution in [0.4, 0.5) is 0 Å². The Labute approximate surface area is 105 Å². The lowest BCUT2D eigenvalue weighted by atomic mass is 9.77. The van der Waals surface area contributed by atoms with Gasteiger partial charge in [-0.05, 0) is 51.4 Å². The van der Waals surface area contributed by atoms with Gasteiger partial charge in [-0.2, -0.15) is 0 Å². The maximum absolute atomic E-state index is 10.6. The van der Waals surface area contributed by atoms with Gasteiger partial charge in [0.05, 0.1) is 11.2 Å². The number of fused-ring (bicyclic) bond motifs is 1. The molecule has 4 atom stereocenters. The third-order valence-corrected chi connectivity index (χ3v) is 4.97. The summed E-state index contributed by atoms with van der Waals surface area (Å²) < 4.78 is 0. The number of hydrogen-bond acceptors (Lipinski definition) is 2. The smallest absolute Gasteiger partial charge is 0.0686 e. The van der Waals surface area contributed by atoms with Gasteiger partial charge in [-0.15, -0.1) is 0 Å². The summed E-state index contributed by atoms with van der Waals surface area (Å²) in [6, 6.07) is 0. The van der Waals surface area contributed by atoms with Gasteiger partial charge in [0.2, 0.25) is 0 Å². The van der Waals surface area contributed by atoms with E-state index < -0.39 is 11.2 Å². The zero-order valence-corrected chi connectivity index (χ0v) is 11.5. The first-order chi connectivity index (χ1) is 7.74. The topological polar surface area (TPSA) is 40.5 Å². The van der Waals surface area contributed by atoms with Gasteiger partial charge in [-0.3, -0.25) is 0 Å².